The molecule has 2 rings (SSSR count). The van der Waals surface area contributed by atoms with Gasteiger partial charge in [0.1, 0.15) is 5.82 Å². The molecule has 0 bridgehead atoms. The van der Waals surface area contributed by atoms with E-state index in [0.717, 1.165) is 30.9 Å². The van der Waals surface area contributed by atoms with Gasteiger partial charge in [-0.15, -0.1) is 0 Å². The van der Waals surface area contributed by atoms with Crippen LogP contribution in [0.3, 0.4) is 0 Å². The lowest BCUT2D eigenvalue weighted by molar-refractivity contribution is 0.281. The van der Waals surface area contributed by atoms with Crippen molar-refractivity contribution in [2.75, 3.05) is 0 Å². The van der Waals surface area contributed by atoms with Gasteiger partial charge in [-0.1, -0.05) is 31.2 Å². The molecule has 108 valence electrons. The second kappa shape index (κ2) is 7.22. The summed E-state index contributed by atoms with van der Waals surface area (Å²) in [5, 5.41) is 12.6. The number of nitrogens with zero attached hydrogens (tertiary/aromatic N) is 2. The van der Waals surface area contributed by atoms with Gasteiger partial charge in [0.05, 0.1) is 6.61 Å². The topological polar surface area (TPSA) is 50.1 Å². The Balaban J connectivity index is 1.87. The lowest BCUT2D eigenvalue weighted by Gasteiger charge is -2.16. The van der Waals surface area contributed by atoms with Crippen molar-refractivity contribution < 1.29 is 5.11 Å². The molecule has 0 aliphatic heterocycles. The number of benzene rings is 1. The lowest BCUT2D eigenvalue weighted by Crippen LogP contribution is -2.30. The molecule has 0 aliphatic rings. The second-order valence-corrected chi connectivity index (χ2v) is 5.11. The van der Waals surface area contributed by atoms with Crippen LogP contribution in [0.1, 0.15) is 30.8 Å². The Morgan fingerprint density at radius 3 is 2.90 bits per heavy atom. The number of nitrogens with one attached hydrogen (secondary N) is 1. The van der Waals surface area contributed by atoms with Crippen molar-refractivity contribution in [1.82, 2.24) is 14.9 Å². The summed E-state index contributed by atoms with van der Waals surface area (Å²) in [6.45, 7) is 6.12. The van der Waals surface area contributed by atoms with Crippen molar-refractivity contribution >= 4 is 0 Å². The highest BCUT2D eigenvalue weighted by atomic mass is 16.3. The molecule has 0 radical (unpaired) electrons. The predicted octanol–water partition coefficient (Wildman–Crippen LogP) is 2.12. The first-order valence-corrected chi connectivity index (χ1v) is 7.15. The summed E-state index contributed by atoms with van der Waals surface area (Å²) in [6.07, 6.45) is 4.85. The van der Waals surface area contributed by atoms with Crippen LogP contribution in [0.5, 0.6) is 0 Å². The third-order valence-electron chi connectivity index (χ3n) is 3.42. The van der Waals surface area contributed by atoms with Gasteiger partial charge in [0.25, 0.3) is 0 Å². The minimum Gasteiger partial charge on any atom is -0.392 e. The van der Waals surface area contributed by atoms with Crippen LogP contribution in [0.2, 0.25) is 0 Å². The van der Waals surface area contributed by atoms with E-state index in [1.54, 1.807) is 0 Å². The van der Waals surface area contributed by atoms with Crippen molar-refractivity contribution in [2.24, 2.45) is 0 Å². The fourth-order valence-corrected chi connectivity index (χ4v) is 2.31. The summed E-state index contributed by atoms with van der Waals surface area (Å²) in [4.78, 5) is 4.34. The van der Waals surface area contributed by atoms with Crippen LogP contribution >= 0.6 is 0 Å². The van der Waals surface area contributed by atoms with E-state index in [1.807, 2.05) is 30.6 Å². The summed E-state index contributed by atoms with van der Waals surface area (Å²) in [5.41, 5.74) is 2.16. The predicted molar refractivity (Wildman–Crippen MR) is 80.3 cm³/mol. The van der Waals surface area contributed by atoms with E-state index >= 15 is 0 Å². The number of aromatic nitrogens is 2. The summed E-state index contributed by atoms with van der Waals surface area (Å²) in [5.74, 6) is 1.13. The third kappa shape index (κ3) is 3.92. The van der Waals surface area contributed by atoms with Gasteiger partial charge in [-0.3, -0.25) is 0 Å². The summed E-state index contributed by atoms with van der Waals surface area (Å²) in [6, 6.07) is 8.40. The number of aryl methyl sites for hydroxylation is 1. The zero-order valence-electron chi connectivity index (χ0n) is 12.2. The van der Waals surface area contributed by atoms with Crippen LogP contribution in [0.15, 0.2) is 36.7 Å². The standard InChI is InChI=1S/C16H23N3O/c1-3-16-17-7-8-19(16)11-13(2)18-10-14-5-4-6-15(9-14)12-20/h4-9,13,18,20H,3,10-12H2,1-2H3. The average molecular weight is 273 g/mol. The molecule has 4 nitrogen and oxygen atoms in total. The Hall–Kier alpha value is -1.65. The van der Waals surface area contributed by atoms with Crippen molar-refractivity contribution in [2.45, 2.75) is 46.0 Å². The molecule has 1 aromatic carbocycles. The molecule has 1 aromatic heterocycles. The van der Waals surface area contributed by atoms with Gasteiger partial charge in [-0.05, 0) is 18.1 Å². The molecule has 1 unspecified atom stereocenters. The van der Waals surface area contributed by atoms with E-state index in [-0.39, 0.29) is 6.61 Å². The Morgan fingerprint density at radius 2 is 2.15 bits per heavy atom. The van der Waals surface area contributed by atoms with E-state index in [1.165, 1.54) is 5.56 Å². The summed E-state index contributed by atoms with van der Waals surface area (Å²) >= 11 is 0. The molecule has 2 N–H and O–H groups in total. The van der Waals surface area contributed by atoms with Crippen LogP contribution in [-0.4, -0.2) is 20.7 Å². The Bertz CT molecular complexity index is 536. The first-order valence-electron chi connectivity index (χ1n) is 7.15. The molecule has 2 aromatic rings. The molecule has 0 aliphatic carbocycles. The fraction of sp³-hybridized carbons (Fsp3) is 0.438. The molecule has 0 saturated carbocycles. The number of aliphatic hydroxyl groups is 1. The average Bonchev–Trinajstić information content (AvgIpc) is 2.92. The van der Waals surface area contributed by atoms with Crippen LogP contribution in [0.25, 0.3) is 0 Å². The van der Waals surface area contributed by atoms with Gasteiger partial charge in [0.2, 0.25) is 0 Å². The first kappa shape index (κ1) is 14.8. The van der Waals surface area contributed by atoms with Gasteiger partial charge >= 0.3 is 0 Å². The van der Waals surface area contributed by atoms with Crippen molar-refractivity contribution in [3.63, 3.8) is 0 Å². The van der Waals surface area contributed by atoms with E-state index < -0.39 is 0 Å². The van der Waals surface area contributed by atoms with Gasteiger partial charge < -0.3 is 15.0 Å². The van der Waals surface area contributed by atoms with Crippen LogP contribution in [0, 0.1) is 0 Å². The molecular formula is C16H23N3O. The summed E-state index contributed by atoms with van der Waals surface area (Å²) < 4.78 is 2.20. The van der Waals surface area contributed by atoms with E-state index in [9.17, 15) is 0 Å². The highest BCUT2D eigenvalue weighted by Gasteiger charge is 2.06. The molecular weight excluding hydrogens is 250 g/mol. The fourth-order valence-electron chi connectivity index (χ4n) is 2.31. The number of hydrogen-bond acceptors (Lipinski definition) is 3. The maximum atomic E-state index is 9.14. The Morgan fingerprint density at radius 1 is 1.35 bits per heavy atom. The Labute approximate surface area is 120 Å². The normalized spacial score (nSPS) is 12.6. The van der Waals surface area contributed by atoms with Gasteiger partial charge in [-0.25, -0.2) is 4.98 Å². The minimum absolute atomic E-state index is 0.0955. The maximum absolute atomic E-state index is 9.14. The molecule has 0 saturated heterocycles. The van der Waals surface area contributed by atoms with Crippen molar-refractivity contribution in [3.8, 4) is 0 Å². The minimum atomic E-state index is 0.0955. The molecule has 0 amide bonds. The highest BCUT2D eigenvalue weighted by Crippen LogP contribution is 2.06. The number of imidazole rings is 1. The number of hydrogen-bond donors (Lipinski definition) is 2. The molecule has 1 heterocycles. The Kier molecular flexibility index (Phi) is 5.32. The van der Waals surface area contributed by atoms with Gasteiger partial charge in [-0.2, -0.15) is 0 Å². The van der Waals surface area contributed by atoms with Crippen molar-refractivity contribution in [1.29, 1.82) is 0 Å². The zero-order chi connectivity index (χ0) is 14.4. The van der Waals surface area contributed by atoms with E-state index in [0.29, 0.717) is 6.04 Å². The van der Waals surface area contributed by atoms with Crippen LogP contribution in [-0.2, 0) is 26.1 Å². The molecule has 0 fully saturated rings. The molecule has 20 heavy (non-hydrogen) atoms. The van der Waals surface area contributed by atoms with Crippen LogP contribution < -0.4 is 5.32 Å². The lowest BCUT2D eigenvalue weighted by atomic mass is 10.1. The quantitative estimate of drug-likeness (QED) is 0.812. The molecule has 1 atom stereocenters. The number of aliphatic hydroxyl groups excluding tert-OH is 1. The second-order valence-electron chi connectivity index (χ2n) is 5.11. The monoisotopic (exact) mass is 273 g/mol. The van der Waals surface area contributed by atoms with Gasteiger partial charge in [0, 0.05) is 37.9 Å². The smallest absolute Gasteiger partial charge is 0.108 e. The SMILES string of the molecule is CCc1nccn1CC(C)NCc1cccc(CO)c1. The van der Waals surface area contributed by atoms with E-state index in [4.69, 9.17) is 5.11 Å². The first-order chi connectivity index (χ1) is 9.72. The van der Waals surface area contributed by atoms with E-state index in [2.05, 4.69) is 34.8 Å². The molecule has 4 heteroatoms. The summed E-state index contributed by atoms with van der Waals surface area (Å²) in [7, 11) is 0. The zero-order valence-corrected chi connectivity index (χ0v) is 12.2. The maximum Gasteiger partial charge on any atom is 0.108 e. The van der Waals surface area contributed by atoms with Crippen LogP contribution in [0.4, 0.5) is 0 Å². The number of rotatable bonds is 7. The highest BCUT2D eigenvalue weighted by molar-refractivity contribution is 5.22. The van der Waals surface area contributed by atoms with Gasteiger partial charge in [0.15, 0.2) is 0 Å². The third-order valence-corrected chi connectivity index (χ3v) is 3.42. The largest absolute Gasteiger partial charge is 0.392 e. The van der Waals surface area contributed by atoms with Crippen molar-refractivity contribution in [3.05, 3.63) is 53.6 Å². The molecule has 0 spiro atoms.